The van der Waals surface area contributed by atoms with E-state index in [0.29, 0.717) is 11.3 Å². The number of aromatic amines is 2. The van der Waals surface area contributed by atoms with E-state index in [1.54, 1.807) is 12.3 Å². The molecule has 0 bridgehead atoms. The molecule has 3 amide bonds. The zero-order valence-electron chi connectivity index (χ0n) is 23.0. The number of aliphatic hydroxyl groups excluding tert-OH is 1. The second-order valence-corrected chi connectivity index (χ2v) is 10.9. The zero-order valence-corrected chi connectivity index (χ0v) is 24.6. The van der Waals surface area contributed by atoms with Crippen LogP contribution in [0.25, 0.3) is 17.0 Å². The van der Waals surface area contributed by atoms with Crippen molar-refractivity contribution in [3.8, 4) is 11.5 Å². The second kappa shape index (κ2) is 14.0. The van der Waals surface area contributed by atoms with Crippen molar-refractivity contribution in [3.63, 3.8) is 0 Å². The average molecular weight is 655 g/mol. The number of carbonyl (C=O) groups excluding carboxylic acids is 3. The zero-order chi connectivity index (χ0) is 31.1. The van der Waals surface area contributed by atoms with E-state index in [0.717, 1.165) is 20.9 Å². The summed E-state index contributed by atoms with van der Waals surface area (Å²) in [5, 5.41) is 38.2. The van der Waals surface area contributed by atoms with Crippen molar-refractivity contribution in [2.45, 2.75) is 44.0 Å². The van der Waals surface area contributed by atoms with Crippen LogP contribution in [-0.2, 0) is 27.2 Å². The van der Waals surface area contributed by atoms with Gasteiger partial charge in [-0.3, -0.25) is 14.4 Å². The lowest BCUT2D eigenvalue weighted by atomic mass is 10.0. The Hall–Kier alpha value is -4.66. The average Bonchev–Trinajstić information content (AvgIpc) is 3.63. The van der Waals surface area contributed by atoms with E-state index in [4.69, 9.17) is 5.73 Å². The fourth-order valence-electron chi connectivity index (χ4n) is 4.30. The number of phenolic OH excluding ortho intramolecular Hbond substituents is 2. The van der Waals surface area contributed by atoms with Gasteiger partial charge in [-0.05, 0) is 42.8 Å². The minimum Gasteiger partial charge on any atom is -0.504 e. The highest BCUT2D eigenvalue weighted by Crippen LogP contribution is 2.26. The summed E-state index contributed by atoms with van der Waals surface area (Å²) < 4.78 is 0.924. The van der Waals surface area contributed by atoms with E-state index in [-0.39, 0.29) is 18.6 Å². The maximum absolute atomic E-state index is 13.5. The minimum atomic E-state index is -1.32. The molecule has 0 spiro atoms. The molecular formula is C29H32BrN7O6. The van der Waals surface area contributed by atoms with Gasteiger partial charge in [0, 0.05) is 58.1 Å². The molecule has 0 aliphatic rings. The van der Waals surface area contributed by atoms with Gasteiger partial charge in [0.2, 0.25) is 17.7 Å². The Labute approximate surface area is 254 Å². The van der Waals surface area contributed by atoms with Gasteiger partial charge in [-0.1, -0.05) is 28.1 Å². The summed E-state index contributed by atoms with van der Waals surface area (Å²) in [5.41, 5.74) is 8.50. The van der Waals surface area contributed by atoms with Crippen molar-refractivity contribution in [1.29, 1.82) is 0 Å². The van der Waals surface area contributed by atoms with Crippen molar-refractivity contribution in [3.05, 3.63) is 82.6 Å². The molecule has 226 valence electrons. The third kappa shape index (κ3) is 8.22. The van der Waals surface area contributed by atoms with Crippen LogP contribution in [0.3, 0.4) is 0 Å². The van der Waals surface area contributed by atoms with Gasteiger partial charge in [0.05, 0.1) is 12.4 Å². The predicted molar refractivity (Wildman–Crippen MR) is 162 cm³/mol. The fraction of sp³-hybridized carbons (Fsp3) is 0.241. The molecule has 10 N–H and O–H groups in total. The number of fused-ring (bicyclic) bond motifs is 1. The van der Waals surface area contributed by atoms with Gasteiger partial charge < -0.3 is 47.0 Å². The summed E-state index contributed by atoms with van der Waals surface area (Å²) in [4.78, 5) is 49.5. The summed E-state index contributed by atoms with van der Waals surface area (Å²) in [6.45, 7) is 1.34. The topological polar surface area (TPSA) is 218 Å². The number of benzene rings is 2. The number of nitrogens with two attached hydrogens (primary N) is 1. The van der Waals surface area contributed by atoms with Gasteiger partial charge in [0.25, 0.3) is 0 Å². The molecule has 0 aliphatic heterocycles. The third-order valence-electron chi connectivity index (χ3n) is 6.71. The van der Waals surface area contributed by atoms with Crippen LogP contribution in [0.5, 0.6) is 11.5 Å². The number of amides is 3. The van der Waals surface area contributed by atoms with Crippen LogP contribution in [0, 0.1) is 0 Å². The Morgan fingerprint density at radius 2 is 1.74 bits per heavy atom. The van der Waals surface area contributed by atoms with Gasteiger partial charge in [0.15, 0.2) is 11.5 Å². The van der Waals surface area contributed by atoms with Crippen LogP contribution < -0.4 is 21.7 Å². The van der Waals surface area contributed by atoms with Gasteiger partial charge in [-0.25, -0.2) is 4.98 Å². The highest BCUT2D eigenvalue weighted by molar-refractivity contribution is 9.10. The highest BCUT2D eigenvalue weighted by atomic mass is 79.9. The first-order chi connectivity index (χ1) is 20.5. The minimum absolute atomic E-state index is 0.0559. The first-order valence-electron chi connectivity index (χ1n) is 13.3. The monoisotopic (exact) mass is 653 g/mol. The number of rotatable bonds is 12. The number of carbonyl (C=O) groups is 3. The molecule has 0 fully saturated rings. The lowest BCUT2D eigenvalue weighted by molar-refractivity contribution is -0.132. The van der Waals surface area contributed by atoms with E-state index < -0.39 is 47.7 Å². The van der Waals surface area contributed by atoms with Gasteiger partial charge in [-0.2, -0.15) is 0 Å². The van der Waals surface area contributed by atoms with E-state index >= 15 is 0 Å². The summed E-state index contributed by atoms with van der Waals surface area (Å²) in [6, 6.07) is 6.09. The Morgan fingerprint density at radius 3 is 2.44 bits per heavy atom. The molecule has 0 aliphatic carbocycles. The van der Waals surface area contributed by atoms with E-state index in [1.165, 1.54) is 43.8 Å². The molecule has 1 unspecified atom stereocenters. The molecule has 0 saturated heterocycles. The SMILES string of the molecule is CC(O)[C@H](N)C(=O)N[C@@H](Cc1ccc(O)c(O)c1)C(=O)N[C@@H](Cc1cnc[nH]1)C(=O)N/C=C\c1c[nH]c2cc(Br)ccc12. The molecule has 14 heteroatoms. The van der Waals surface area contributed by atoms with Crippen LogP contribution in [0.15, 0.2) is 65.8 Å². The molecule has 2 heterocycles. The van der Waals surface area contributed by atoms with Crippen molar-refractivity contribution in [2.24, 2.45) is 5.73 Å². The Bertz CT molecular complexity index is 1620. The van der Waals surface area contributed by atoms with Gasteiger partial charge >= 0.3 is 0 Å². The maximum Gasteiger partial charge on any atom is 0.246 e. The van der Waals surface area contributed by atoms with Crippen LogP contribution in [0.4, 0.5) is 0 Å². The highest BCUT2D eigenvalue weighted by Gasteiger charge is 2.30. The van der Waals surface area contributed by atoms with Crippen LogP contribution in [0.2, 0.25) is 0 Å². The summed E-state index contributed by atoms with van der Waals surface area (Å²) in [7, 11) is 0. The number of aromatic nitrogens is 3. The Balaban J connectivity index is 1.53. The molecule has 2 aromatic heterocycles. The normalized spacial score (nSPS) is 14.2. The van der Waals surface area contributed by atoms with Crippen LogP contribution >= 0.6 is 15.9 Å². The smallest absolute Gasteiger partial charge is 0.246 e. The summed E-state index contributed by atoms with van der Waals surface area (Å²) in [5.74, 6) is -2.80. The van der Waals surface area contributed by atoms with Crippen LogP contribution in [0.1, 0.15) is 23.7 Å². The first-order valence-corrected chi connectivity index (χ1v) is 14.1. The summed E-state index contributed by atoms with van der Waals surface area (Å²) >= 11 is 3.44. The van der Waals surface area contributed by atoms with E-state index in [2.05, 4.69) is 46.8 Å². The molecular weight excluding hydrogens is 622 g/mol. The second-order valence-electron chi connectivity index (χ2n) is 9.97. The molecule has 13 nitrogen and oxygen atoms in total. The number of nitrogens with one attached hydrogen (secondary N) is 5. The number of hydrogen-bond donors (Lipinski definition) is 9. The molecule has 4 aromatic rings. The number of hydrogen-bond acceptors (Lipinski definition) is 8. The molecule has 4 rings (SSSR count). The number of H-pyrrole nitrogens is 2. The van der Waals surface area contributed by atoms with Crippen molar-refractivity contribution in [2.75, 3.05) is 0 Å². The molecule has 43 heavy (non-hydrogen) atoms. The first kappa shape index (κ1) is 31.3. The summed E-state index contributed by atoms with van der Waals surface area (Å²) in [6.07, 6.45) is 6.71. The van der Waals surface area contributed by atoms with Crippen molar-refractivity contribution >= 4 is 50.6 Å². The quantitative estimate of drug-likeness (QED) is 0.101. The number of aliphatic hydroxyl groups is 1. The molecule has 4 atom stereocenters. The maximum atomic E-state index is 13.5. The molecule has 0 radical (unpaired) electrons. The lowest BCUT2D eigenvalue weighted by Gasteiger charge is -2.24. The van der Waals surface area contributed by atoms with E-state index in [9.17, 15) is 29.7 Å². The van der Waals surface area contributed by atoms with Crippen molar-refractivity contribution < 1.29 is 29.7 Å². The number of phenols is 2. The number of nitrogens with zero attached hydrogens (tertiary/aromatic N) is 1. The van der Waals surface area contributed by atoms with E-state index in [1.807, 2.05) is 18.2 Å². The van der Waals surface area contributed by atoms with Gasteiger partial charge in [0.1, 0.15) is 18.1 Å². The number of imidazole rings is 1. The third-order valence-corrected chi connectivity index (χ3v) is 7.20. The fourth-order valence-corrected chi connectivity index (χ4v) is 4.66. The molecule has 0 saturated carbocycles. The van der Waals surface area contributed by atoms with Crippen LogP contribution in [-0.4, -0.2) is 72.2 Å². The van der Waals surface area contributed by atoms with Crippen molar-refractivity contribution in [1.82, 2.24) is 30.9 Å². The Morgan fingerprint density at radius 1 is 1.00 bits per heavy atom. The predicted octanol–water partition coefficient (Wildman–Crippen LogP) is 1.31. The number of halogens is 1. The van der Waals surface area contributed by atoms with Gasteiger partial charge in [-0.15, -0.1) is 0 Å². The standard InChI is InChI=1S/C29H32BrN7O6/c1-15(38)26(31)29(43)37-22(8-16-2-5-24(39)25(40)9-16)28(42)36-23(11-19-13-32-14-35-19)27(41)33-7-6-17-12-34-21-10-18(30)3-4-20(17)21/h2-7,9-10,12-15,22-23,26,34,38-40H,8,11,31H2,1H3,(H,32,35)(H,33,41)(H,36,42)(H,37,43)/b7-6-/t15?,22-,23-,26-/m0/s1. The number of aromatic hydroxyl groups is 2. The largest absolute Gasteiger partial charge is 0.504 e. The lowest BCUT2D eigenvalue weighted by Crippen LogP contribution is -2.58. The molecule has 2 aromatic carbocycles. The Kier molecular flexibility index (Phi) is 10.2.